The number of rotatable bonds is 6. The molecule has 0 saturated carbocycles. The van der Waals surface area contributed by atoms with Crippen LogP contribution >= 0.6 is 0 Å². The lowest BCUT2D eigenvalue weighted by atomic mass is 10.1. The van der Waals surface area contributed by atoms with E-state index in [9.17, 15) is 14.4 Å². The van der Waals surface area contributed by atoms with Crippen molar-refractivity contribution >= 4 is 23.3 Å². The third-order valence-electron chi connectivity index (χ3n) is 3.41. The minimum absolute atomic E-state index is 0.0894. The van der Waals surface area contributed by atoms with E-state index in [1.165, 1.54) is 13.8 Å². The van der Waals surface area contributed by atoms with E-state index in [4.69, 9.17) is 4.74 Å². The Balaban J connectivity index is 1.91. The zero-order chi connectivity index (χ0) is 17.5. The van der Waals surface area contributed by atoms with Gasteiger partial charge in [0.15, 0.2) is 11.9 Å². The SMILES string of the molecule is CC(=O)c1cccc(NC(=O)[C@@H](C)OC(=O)Cc2ccccc2)c1. The molecular formula is C19H19NO4. The first-order valence-corrected chi connectivity index (χ1v) is 7.61. The highest BCUT2D eigenvalue weighted by atomic mass is 16.5. The number of carbonyl (C=O) groups excluding carboxylic acids is 3. The van der Waals surface area contributed by atoms with Gasteiger partial charge in [0, 0.05) is 11.3 Å². The second kappa shape index (κ2) is 8.06. The van der Waals surface area contributed by atoms with Crippen molar-refractivity contribution in [3.63, 3.8) is 0 Å². The summed E-state index contributed by atoms with van der Waals surface area (Å²) < 4.78 is 5.15. The minimum Gasteiger partial charge on any atom is -0.452 e. The highest BCUT2D eigenvalue weighted by Crippen LogP contribution is 2.12. The van der Waals surface area contributed by atoms with Gasteiger partial charge in [0.1, 0.15) is 0 Å². The van der Waals surface area contributed by atoms with Crippen molar-refractivity contribution in [3.05, 3.63) is 65.7 Å². The van der Waals surface area contributed by atoms with E-state index in [-0.39, 0.29) is 12.2 Å². The van der Waals surface area contributed by atoms with Gasteiger partial charge in [0.2, 0.25) is 0 Å². The van der Waals surface area contributed by atoms with Crippen molar-refractivity contribution in [1.82, 2.24) is 0 Å². The molecule has 5 nitrogen and oxygen atoms in total. The predicted molar refractivity (Wildman–Crippen MR) is 90.8 cm³/mol. The van der Waals surface area contributed by atoms with Crippen molar-refractivity contribution in [3.8, 4) is 0 Å². The zero-order valence-electron chi connectivity index (χ0n) is 13.6. The molecule has 124 valence electrons. The number of amides is 1. The summed E-state index contributed by atoms with van der Waals surface area (Å²) >= 11 is 0. The van der Waals surface area contributed by atoms with Gasteiger partial charge in [-0.1, -0.05) is 42.5 Å². The Hall–Kier alpha value is -2.95. The maximum atomic E-state index is 12.1. The molecule has 0 fully saturated rings. The van der Waals surface area contributed by atoms with Gasteiger partial charge in [0.25, 0.3) is 5.91 Å². The molecule has 0 aliphatic carbocycles. The highest BCUT2D eigenvalue weighted by Gasteiger charge is 2.18. The number of Topliss-reactive ketones (excluding diaryl/α,β-unsaturated/α-hetero) is 1. The molecule has 0 unspecified atom stereocenters. The number of carbonyl (C=O) groups is 3. The second-order valence-electron chi connectivity index (χ2n) is 5.42. The molecule has 24 heavy (non-hydrogen) atoms. The monoisotopic (exact) mass is 325 g/mol. The van der Waals surface area contributed by atoms with Crippen LogP contribution < -0.4 is 5.32 Å². The van der Waals surface area contributed by atoms with Crippen LogP contribution in [-0.2, 0) is 20.7 Å². The van der Waals surface area contributed by atoms with Gasteiger partial charge >= 0.3 is 5.97 Å². The summed E-state index contributed by atoms with van der Waals surface area (Å²) in [6, 6.07) is 15.8. The van der Waals surface area contributed by atoms with Crippen LogP contribution in [-0.4, -0.2) is 23.8 Å². The molecule has 1 N–H and O–H groups in total. The third kappa shape index (κ3) is 5.05. The van der Waals surface area contributed by atoms with Crippen LogP contribution in [0.2, 0.25) is 0 Å². The standard InChI is InChI=1S/C19H19NO4/c1-13(21)16-9-6-10-17(12-16)20-19(23)14(2)24-18(22)11-15-7-4-3-5-8-15/h3-10,12,14H,11H2,1-2H3,(H,20,23)/t14-/m1/s1. The lowest BCUT2D eigenvalue weighted by Gasteiger charge is -2.14. The zero-order valence-corrected chi connectivity index (χ0v) is 13.6. The third-order valence-corrected chi connectivity index (χ3v) is 3.41. The summed E-state index contributed by atoms with van der Waals surface area (Å²) in [4.78, 5) is 35.3. The second-order valence-corrected chi connectivity index (χ2v) is 5.42. The minimum atomic E-state index is -0.929. The number of hydrogen-bond acceptors (Lipinski definition) is 4. The summed E-state index contributed by atoms with van der Waals surface area (Å²) in [7, 11) is 0. The fourth-order valence-corrected chi connectivity index (χ4v) is 2.11. The lowest BCUT2D eigenvalue weighted by molar-refractivity contribution is -0.152. The van der Waals surface area contributed by atoms with Crippen LogP contribution in [0.1, 0.15) is 29.8 Å². The molecule has 5 heteroatoms. The molecule has 0 radical (unpaired) electrons. The fraction of sp³-hybridized carbons (Fsp3) is 0.211. The molecule has 1 atom stereocenters. The summed E-state index contributed by atoms with van der Waals surface area (Å²) in [6.45, 7) is 2.96. The molecule has 0 spiro atoms. The molecule has 0 saturated heterocycles. The largest absolute Gasteiger partial charge is 0.452 e. The van der Waals surface area contributed by atoms with E-state index in [1.54, 1.807) is 24.3 Å². The molecule has 0 aliphatic heterocycles. The van der Waals surface area contributed by atoms with E-state index in [0.29, 0.717) is 11.3 Å². The average Bonchev–Trinajstić information content (AvgIpc) is 2.55. The van der Waals surface area contributed by atoms with Crippen LogP contribution in [0.15, 0.2) is 54.6 Å². The van der Waals surface area contributed by atoms with Gasteiger partial charge in [-0.3, -0.25) is 14.4 Å². The van der Waals surface area contributed by atoms with Gasteiger partial charge < -0.3 is 10.1 Å². The van der Waals surface area contributed by atoms with Crippen molar-refractivity contribution in [2.24, 2.45) is 0 Å². The lowest BCUT2D eigenvalue weighted by Crippen LogP contribution is -2.30. The molecule has 2 aromatic carbocycles. The Morgan fingerprint density at radius 3 is 2.42 bits per heavy atom. The molecule has 2 rings (SSSR count). The van der Waals surface area contributed by atoms with Crippen LogP contribution in [0.25, 0.3) is 0 Å². The van der Waals surface area contributed by atoms with E-state index in [1.807, 2.05) is 30.3 Å². The van der Waals surface area contributed by atoms with E-state index < -0.39 is 18.0 Å². The first-order valence-electron chi connectivity index (χ1n) is 7.61. The molecule has 0 aliphatic rings. The predicted octanol–water partition coefficient (Wildman–Crippen LogP) is 3.00. The van der Waals surface area contributed by atoms with Crippen LogP contribution in [0.3, 0.4) is 0 Å². The summed E-state index contributed by atoms with van der Waals surface area (Å²) in [6.07, 6.45) is -0.819. The van der Waals surface area contributed by atoms with Gasteiger partial charge in [-0.25, -0.2) is 0 Å². The van der Waals surface area contributed by atoms with E-state index >= 15 is 0 Å². The highest BCUT2D eigenvalue weighted by molar-refractivity contribution is 5.98. The number of benzene rings is 2. The number of ether oxygens (including phenoxy) is 1. The van der Waals surface area contributed by atoms with Gasteiger partial charge in [-0.05, 0) is 31.5 Å². The maximum Gasteiger partial charge on any atom is 0.311 e. The Labute approximate surface area is 140 Å². The topological polar surface area (TPSA) is 72.5 Å². The van der Waals surface area contributed by atoms with Gasteiger partial charge in [-0.15, -0.1) is 0 Å². The Bertz CT molecular complexity index is 740. The number of anilines is 1. The molecule has 1 amide bonds. The molecule has 0 aromatic heterocycles. The van der Waals surface area contributed by atoms with Crippen molar-refractivity contribution < 1.29 is 19.1 Å². The quantitative estimate of drug-likeness (QED) is 0.654. The molecular weight excluding hydrogens is 306 g/mol. The molecule has 2 aromatic rings. The summed E-state index contributed by atoms with van der Waals surface area (Å²) in [5.74, 6) is -1.01. The van der Waals surface area contributed by atoms with Crippen LogP contribution in [0.4, 0.5) is 5.69 Å². The van der Waals surface area contributed by atoms with Crippen LogP contribution in [0.5, 0.6) is 0 Å². The smallest absolute Gasteiger partial charge is 0.311 e. The average molecular weight is 325 g/mol. The van der Waals surface area contributed by atoms with Crippen molar-refractivity contribution in [2.75, 3.05) is 5.32 Å². The number of nitrogens with one attached hydrogen (secondary N) is 1. The first-order chi connectivity index (χ1) is 11.5. The van der Waals surface area contributed by atoms with Crippen molar-refractivity contribution in [2.45, 2.75) is 26.4 Å². The van der Waals surface area contributed by atoms with Gasteiger partial charge in [-0.2, -0.15) is 0 Å². The fourth-order valence-electron chi connectivity index (χ4n) is 2.11. The van der Waals surface area contributed by atoms with Crippen LogP contribution in [0, 0.1) is 0 Å². The summed E-state index contributed by atoms with van der Waals surface area (Å²) in [5.41, 5.74) is 1.81. The first kappa shape index (κ1) is 17.4. The van der Waals surface area contributed by atoms with Crippen molar-refractivity contribution in [1.29, 1.82) is 0 Å². The molecule has 0 heterocycles. The Morgan fingerprint density at radius 1 is 1.04 bits per heavy atom. The number of hydrogen-bond donors (Lipinski definition) is 1. The summed E-state index contributed by atoms with van der Waals surface area (Å²) in [5, 5.41) is 2.64. The normalized spacial score (nSPS) is 11.4. The van der Waals surface area contributed by atoms with E-state index in [0.717, 1.165) is 5.56 Å². The molecule has 0 bridgehead atoms. The maximum absolute atomic E-state index is 12.1. The van der Waals surface area contributed by atoms with Gasteiger partial charge in [0.05, 0.1) is 6.42 Å². The number of ketones is 1. The number of esters is 1. The van der Waals surface area contributed by atoms with E-state index in [2.05, 4.69) is 5.32 Å². The Morgan fingerprint density at radius 2 is 1.75 bits per heavy atom. The Kier molecular flexibility index (Phi) is 5.84.